The molecule has 0 unspecified atom stereocenters. The fourth-order valence-corrected chi connectivity index (χ4v) is 2.26. The molecular weight excluding hydrogens is 262 g/mol. The molecule has 5 nitrogen and oxygen atoms in total. The van der Waals surface area contributed by atoms with Crippen LogP contribution < -0.4 is 5.73 Å². The third-order valence-electron chi connectivity index (χ3n) is 3.64. The van der Waals surface area contributed by atoms with Crippen LogP contribution in [0, 0.1) is 25.2 Å². The van der Waals surface area contributed by atoms with Crippen LogP contribution in [-0.2, 0) is 0 Å². The van der Waals surface area contributed by atoms with Gasteiger partial charge in [-0.05, 0) is 37.1 Å². The van der Waals surface area contributed by atoms with Crippen LogP contribution in [0.25, 0.3) is 22.2 Å². The molecule has 0 aliphatic carbocycles. The maximum Gasteiger partial charge on any atom is 0.150 e. The predicted molar refractivity (Wildman–Crippen MR) is 81.4 cm³/mol. The van der Waals surface area contributed by atoms with Gasteiger partial charge < -0.3 is 5.73 Å². The van der Waals surface area contributed by atoms with Crippen molar-refractivity contribution in [2.45, 2.75) is 13.8 Å². The Bertz CT molecular complexity index is 893. The van der Waals surface area contributed by atoms with Gasteiger partial charge in [0.05, 0.1) is 11.2 Å². The number of aromatic nitrogens is 3. The molecule has 0 amide bonds. The topological polar surface area (TPSA) is 88.5 Å². The summed E-state index contributed by atoms with van der Waals surface area (Å²) in [5.41, 5.74) is 10.0. The quantitative estimate of drug-likeness (QED) is 0.737. The monoisotopic (exact) mass is 275 g/mol. The lowest BCUT2D eigenvalue weighted by Gasteiger charge is -2.10. The average molecular weight is 275 g/mol. The molecule has 0 atom stereocenters. The molecule has 0 saturated heterocycles. The van der Waals surface area contributed by atoms with E-state index in [-0.39, 0.29) is 0 Å². The van der Waals surface area contributed by atoms with E-state index < -0.39 is 0 Å². The van der Waals surface area contributed by atoms with E-state index in [4.69, 9.17) is 5.73 Å². The zero-order valence-electron chi connectivity index (χ0n) is 11.8. The number of fused-ring (bicyclic) bond motifs is 1. The van der Waals surface area contributed by atoms with Gasteiger partial charge >= 0.3 is 0 Å². The number of rotatable bonds is 1. The summed E-state index contributed by atoms with van der Waals surface area (Å²) < 4.78 is 0. The first-order valence-electron chi connectivity index (χ1n) is 6.51. The first kappa shape index (κ1) is 13.0. The first-order valence-corrected chi connectivity index (χ1v) is 6.51. The van der Waals surface area contributed by atoms with Crippen LogP contribution in [0.2, 0.25) is 0 Å². The van der Waals surface area contributed by atoms with Gasteiger partial charge in [0.25, 0.3) is 0 Å². The summed E-state index contributed by atoms with van der Waals surface area (Å²) in [6, 6.07) is 11.7. The van der Waals surface area contributed by atoms with Gasteiger partial charge in [-0.25, -0.2) is 4.98 Å². The van der Waals surface area contributed by atoms with E-state index in [1.165, 1.54) is 0 Å². The summed E-state index contributed by atoms with van der Waals surface area (Å²) in [4.78, 5) is 4.40. The van der Waals surface area contributed by atoms with Gasteiger partial charge in [-0.2, -0.15) is 5.26 Å². The van der Waals surface area contributed by atoms with Gasteiger partial charge in [-0.3, -0.25) is 0 Å². The summed E-state index contributed by atoms with van der Waals surface area (Å²) in [6.45, 7) is 3.81. The Morgan fingerprint density at radius 1 is 1.10 bits per heavy atom. The van der Waals surface area contributed by atoms with Gasteiger partial charge in [0.2, 0.25) is 0 Å². The zero-order chi connectivity index (χ0) is 15.0. The smallest absolute Gasteiger partial charge is 0.150 e. The van der Waals surface area contributed by atoms with Crippen LogP contribution in [0.15, 0.2) is 30.3 Å². The van der Waals surface area contributed by atoms with E-state index in [2.05, 4.69) is 21.3 Å². The molecule has 21 heavy (non-hydrogen) atoms. The summed E-state index contributed by atoms with van der Waals surface area (Å²) >= 11 is 0. The van der Waals surface area contributed by atoms with E-state index in [0.717, 1.165) is 22.0 Å². The summed E-state index contributed by atoms with van der Waals surface area (Å²) in [7, 11) is 0. The van der Waals surface area contributed by atoms with Gasteiger partial charge in [-0.15, -0.1) is 10.2 Å². The molecule has 0 aliphatic rings. The zero-order valence-corrected chi connectivity index (χ0v) is 11.8. The highest BCUT2D eigenvalue weighted by molar-refractivity contribution is 5.86. The molecule has 0 radical (unpaired) electrons. The average Bonchev–Trinajstić information content (AvgIpc) is 2.51. The normalized spacial score (nSPS) is 10.5. The van der Waals surface area contributed by atoms with Crippen LogP contribution in [0.5, 0.6) is 0 Å². The number of pyridine rings is 1. The van der Waals surface area contributed by atoms with Crippen molar-refractivity contribution in [3.8, 4) is 17.3 Å². The van der Waals surface area contributed by atoms with Crippen molar-refractivity contribution in [3.63, 3.8) is 0 Å². The van der Waals surface area contributed by atoms with Crippen molar-refractivity contribution in [1.29, 1.82) is 5.26 Å². The second-order valence-corrected chi connectivity index (χ2v) is 4.87. The number of benzene rings is 1. The van der Waals surface area contributed by atoms with Crippen molar-refractivity contribution in [3.05, 3.63) is 47.2 Å². The van der Waals surface area contributed by atoms with Crippen LogP contribution in [0.3, 0.4) is 0 Å². The summed E-state index contributed by atoms with van der Waals surface area (Å²) in [5, 5.41) is 18.4. The van der Waals surface area contributed by atoms with Gasteiger partial charge in [0, 0.05) is 10.9 Å². The molecule has 0 fully saturated rings. The number of hydrogen-bond acceptors (Lipinski definition) is 5. The minimum Gasteiger partial charge on any atom is -0.382 e. The van der Waals surface area contributed by atoms with Gasteiger partial charge in [-0.1, -0.05) is 18.2 Å². The molecule has 102 valence electrons. The number of anilines is 1. The molecule has 3 rings (SSSR count). The fraction of sp³-hybridized carbons (Fsp3) is 0.125. The second kappa shape index (κ2) is 4.84. The maximum absolute atomic E-state index is 9.37. The van der Waals surface area contributed by atoms with Crippen molar-refractivity contribution in [1.82, 2.24) is 15.2 Å². The molecule has 2 aromatic heterocycles. The number of nitriles is 1. The minimum absolute atomic E-state index is 0.343. The molecule has 3 aromatic rings. The number of nitrogens with zero attached hydrogens (tertiary/aromatic N) is 4. The van der Waals surface area contributed by atoms with Crippen molar-refractivity contribution in [2.24, 2.45) is 0 Å². The summed E-state index contributed by atoms with van der Waals surface area (Å²) in [6.07, 6.45) is 0. The third kappa shape index (κ3) is 2.07. The Balaban J connectivity index is 2.34. The number of nitrogen functional groups attached to an aromatic ring is 1. The highest BCUT2D eigenvalue weighted by Gasteiger charge is 2.15. The highest BCUT2D eigenvalue weighted by Crippen LogP contribution is 2.29. The Labute approximate surface area is 122 Å². The Morgan fingerprint density at radius 3 is 2.62 bits per heavy atom. The first-order chi connectivity index (χ1) is 10.1. The number of hydrogen-bond donors (Lipinski definition) is 1. The second-order valence-electron chi connectivity index (χ2n) is 4.87. The molecule has 5 heteroatoms. The van der Waals surface area contributed by atoms with E-state index in [1.54, 1.807) is 0 Å². The molecule has 1 aromatic carbocycles. The van der Waals surface area contributed by atoms with Crippen molar-refractivity contribution in [2.75, 3.05) is 5.73 Å². The van der Waals surface area contributed by atoms with Crippen LogP contribution in [-0.4, -0.2) is 15.2 Å². The lowest BCUT2D eigenvalue weighted by molar-refractivity contribution is 1.01. The van der Waals surface area contributed by atoms with Crippen LogP contribution >= 0.6 is 0 Å². The van der Waals surface area contributed by atoms with Crippen molar-refractivity contribution >= 4 is 16.7 Å². The van der Waals surface area contributed by atoms with Crippen LogP contribution in [0.1, 0.15) is 16.8 Å². The SMILES string of the molecule is Cc1c(N)nnc(-c2cc3ccccc3nc2C#N)c1C. The number of nitrogens with two attached hydrogens (primary N) is 1. The molecule has 2 N–H and O–H groups in total. The summed E-state index contributed by atoms with van der Waals surface area (Å²) in [5.74, 6) is 0.406. The molecule has 0 aliphatic heterocycles. The lowest BCUT2D eigenvalue weighted by Crippen LogP contribution is -2.03. The largest absolute Gasteiger partial charge is 0.382 e. The van der Waals surface area contributed by atoms with E-state index in [9.17, 15) is 5.26 Å². The van der Waals surface area contributed by atoms with Crippen LogP contribution in [0.4, 0.5) is 5.82 Å². The molecule has 0 spiro atoms. The van der Waals surface area contributed by atoms with Crippen molar-refractivity contribution < 1.29 is 0 Å². The molecule has 0 bridgehead atoms. The van der Waals surface area contributed by atoms with E-state index >= 15 is 0 Å². The predicted octanol–water partition coefficient (Wildman–Crippen LogP) is 2.76. The Kier molecular flexibility index (Phi) is 2.99. The van der Waals surface area contributed by atoms with Gasteiger partial charge in [0.1, 0.15) is 11.9 Å². The molecular formula is C16H13N5. The fourth-order valence-electron chi connectivity index (χ4n) is 2.26. The molecule has 0 saturated carbocycles. The number of para-hydroxylation sites is 1. The van der Waals surface area contributed by atoms with E-state index in [1.807, 2.05) is 44.2 Å². The third-order valence-corrected chi connectivity index (χ3v) is 3.64. The Hall–Kier alpha value is -3.00. The highest BCUT2D eigenvalue weighted by atomic mass is 15.1. The Morgan fingerprint density at radius 2 is 1.86 bits per heavy atom. The van der Waals surface area contributed by atoms with Gasteiger partial charge in [0.15, 0.2) is 5.69 Å². The standard InChI is InChI=1S/C16H13N5/c1-9-10(2)16(18)21-20-15(9)12-7-11-5-3-4-6-13(11)19-14(12)8-17/h3-7H,1-2H3,(H2,18,21). The lowest BCUT2D eigenvalue weighted by atomic mass is 10.0. The maximum atomic E-state index is 9.37. The minimum atomic E-state index is 0.343. The van der Waals surface area contributed by atoms with E-state index in [0.29, 0.717) is 22.8 Å². The molecule has 2 heterocycles.